The van der Waals surface area contributed by atoms with E-state index in [9.17, 15) is 9.59 Å². The number of amides is 1. The van der Waals surface area contributed by atoms with Crippen molar-refractivity contribution in [3.63, 3.8) is 0 Å². The fraction of sp³-hybridized carbons (Fsp3) is 0.474. The molecular formula is C19H25N3O3. The average Bonchev–Trinajstić information content (AvgIpc) is 2.97. The molecule has 0 aliphatic carbocycles. The maximum Gasteiger partial charge on any atom is 0.328 e. The van der Waals surface area contributed by atoms with Crippen LogP contribution in [0.25, 0.3) is 10.9 Å². The molecular weight excluding hydrogens is 318 g/mol. The quantitative estimate of drug-likeness (QED) is 0.838. The number of hydrogen-bond donors (Lipinski definition) is 2. The zero-order valence-corrected chi connectivity index (χ0v) is 15.1. The van der Waals surface area contributed by atoms with Crippen LogP contribution in [0.4, 0.5) is 5.69 Å². The van der Waals surface area contributed by atoms with Crippen molar-refractivity contribution in [2.24, 2.45) is 5.92 Å². The van der Waals surface area contributed by atoms with Crippen molar-refractivity contribution in [2.75, 3.05) is 18.6 Å². The number of nitrogens with one attached hydrogen (secondary N) is 2. The van der Waals surface area contributed by atoms with Crippen LogP contribution in [0.5, 0.6) is 0 Å². The van der Waals surface area contributed by atoms with Gasteiger partial charge in [0.1, 0.15) is 12.1 Å². The Hall–Kier alpha value is -2.50. The molecule has 25 heavy (non-hydrogen) atoms. The van der Waals surface area contributed by atoms with Gasteiger partial charge >= 0.3 is 5.97 Å². The molecule has 0 radical (unpaired) electrons. The molecule has 1 aromatic carbocycles. The van der Waals surface area contributed by atoms with Crippen LogP contribution in [0.1, 0.15) is 26.3 Å². The van der Waals surface area contributed by atoms with Gasteiger partial charge in [0.2, 0.25) is 5.91 Å². The smallest absolute Gasteiger partial charge is 0.328 e. The lowest BCUT2D eigenvalue weighted by Gasteiger charge is -2.32. The van der Waals surface area contributed by atoms with Crippen LogP contribution in [0, 0.1) is 5.92 Å². The molecule has 1 aliphatic heterocycles. The second-order valence-electron chi connectivity index (χ2n) is 6.83. The Morgan fingerprint density at radius 3 is 2.84 bits per heavy atom. The maximum atomic E-state index is 12.9. The number of aromatic nitrogens is 1. The first-order chi connectivity index (χ1) is 11.9. The first kappa shape index (κ1) is 17.3. The van der Waals surface area contributed by atoms with Crippen molar-refractivity contribution in [1.82, 2.24) is 10.3 Å². The zero-order valence-electron chi connectivity index (χ0n) is 15.1. The number of carbonyl (C=O) groups is 2. The SMILES string of the molecule is CCOC(=O)[C@H]1Cc2c[nH]c3cccc(c23)N(C)[C@@H](C(C)C)C(=O)N1. The highest BCUT2D eigenvalue weighted by molar-refractivity contribution is 5.99. The molecule has 0 spiro atoms. The number of rotatable bonds is 3. The second-order valence-corrected chi connectivity index (χ2v) is 6.83. The van der Waals surface area contributed by atoms with Gasteiger partial charge in [-0.3, -0.25) is 4.79 Å². The molecule has 2 atom stereocenters. The van der Waals surface area contributed by atoms with Crippen molar-refractivity contribution >= 4 is 28.5 Å². The van der Waals surface area contributed by atoms with Gasteiger partial charge in [-0.2, -0.15) is 0 Å². The van der Waals surface area contributed by atoms with Gasteiger partial charge in [0.15, 0.2) is 0 Å². The predicted molar refractivity (Wildman–Crippen MR) is 97.6 cm³/mol. The number of H-pyrrole nitrogens is 1. The van der Waals surface area contributed by atoms with Gasteiger partial charge in [-0.15, -0.1) is 0 Å². The summed E-state index contributed by atoms with van der Waals surface area (Å²) in [4.78, 5) is 30.6. The number of anilines is 1. The predicted octanol–water partition coefficient (Wildman–Crippen LogP) is 2.23. The van der Waals surface area contributed by atoms with Gasteiger partial charge in [0, 0.05) is 36.3 Å². The summed E-state index contributed by atoms with van der Waals surface area (Å²) >= 11 is 0. The molecule has 1 aromatic heterocycles. The zero-order chi connectivity index (χ0) is 18.1. The summed E-state index contributed by atoms with van der Waals surface area (Å²) < 4.78 is 5.17. The van der Waals surface area contributed by atoms with E-state index in [-0.39, 0.29) is 24.5 Å². The molecule has 0 saturated carbocycles. The topological polar surface area (TPSA) is 74.4 Å². The van der Waals surface area contributed by atoms with E-state index in [1.165, 1.54) is 0 Å². The molecule has 0 bridgehead atoms. The molecule has 6 heteroatoms. The molecule has 1 aliphatic rings. The highest BCUT2D eigenvalue weighted by atomic mass is 16.5. The van der Waals surface area contributed by atoms with Crippen LogP contribution in [0.2, 0.25) is 0 Å². The summed E-state index contributed by atoms with van der Waals surface area (Å²) in [6.07, 6.45) is 2.32. The van der Waals surface area contributed by atoms with Crippen LogP contribution in [0.3, 0.4) is 0 Å². The van der Waals surface area contributed by atoms with E-state index in [1.807, 2.05) is 50.2 Å². The van der Waals surface area contributed by atoms with Crippen LogP contribution in [0.15, 0.2) is 24.4 Å². The minimum Gasteiger partial charge on any atom is -0.464 e. The van der Waals surface area contributed by atoms with E-state index in [4.69, 9.17) is 4.74 Å². The summed E-state index contributed by atoms with van der Waals surface area (Å²) in [5.74, 6) is -0.458. The number of benzene rings is 1. The Balaban J connectivity index is 2.15. The third-order valence-electron chi connectivity index (χ3n) is 4.77. The number of ether oxygens (including phenoxy) is 1. The molecule has 0 fully saturated rings. The van der Waals surface area contributed by atoms with Crippen molar-refractivity contribution in [3.05, 3.63) is 30.0 Å². The maximum absolute atomic E-state index is 12.9. The summed E-state index contributed by atoms with van der Waals surface area (Å²) in [7, 11) is 1.93. The molecule has 0 saturated heterocycles. The monoisotopic (exact) mass is 343 g/mol. The second kappa shape index (κ2) is 6.78. The Labute approximate surface area is 147 Å². The van der Waals surface area contributed by atoms with E-state index >= 15 is 0 Å². The Morgan fingerprint density at radius 1 is 1.40 bits per heavy atom. The summed E-state index contributed by atoms with van der Waals surface area (Å²) in [6, 6.07) is 4.94. The standard InChI is InChI=1S/C19H25N3O3/c1-5-25-19(24)14-9-12-10-20-13-7-6-8-15(16(12)13)22(4)17(11(2)3)18(23)21-14/h6-8,10-11,14,17,20H,5,9H2,1-4H3,(H,21,23)/t14-,17+/m1/s1. The Bertz CT molecular complexity index is 796. The minimum atomic E-state index is -0.688. The van der Waals surface area contributed by atoms with Gasteiger partial charge in [0.25, 0.3) is 0 Å². The van der Waals surface area contributed by atoms with Gasteiger partial charge in [-0.1, -0.05) is 19.9 Å². The van der Waals surface area contributed by atoms with E-state index in [0.29, 0.717) is 6.42 Å². The third kappa shape index (κ3) is 3.08. The van der Waals surface area contributed by atoms with Crippen molar-refractivity contribution in [1.29, 1.82) is 0 Å². The van der Waals surface area contributed by atoms with Gasteiger partial charge < -0.3 is 19.9 Å². The number of carbonyl (C=O) groups excluding carboxylic acids is 2. The van der Waals surface area contributed by atoms with Crippen LogP contribution in [-0.2, 0) is 20.7 Å². The first-order valence-corrected chi connectivity index (χ1v) is 8.72. The van der Waals surface area contributed by atoms with E-state index in [1.54, 1.807) is 6.92 Å². The molecule has 6 nitrogen and oxygen atoms in total. The molecule has 2 heterocycles. The van der Waals surface area contributed by atoms with Crippen molar-refractivity contribution < 1.29 is 14.3 Å². The normalized spacial score (nSPS) is 20.8. The lowest BCUT2D eigenvalue weighted by atomic mass is 10.0. The minimum absolute atomic E-state index is 0.0867. The third-order valence-corrected chi connectivity index (χ3v) is 4.77. The summed E-state index contributed by atoms with van der Waals surface area (Å²) in [5, 5.41) is 3.96. The van der Waals surface area contributed by atoms with Crippen LogP contribution < -0.4 is 10.2 Å². The molecule has 1 amide bonds. The Morgan fingerprint density at radius 2 is 2.16 bits per heavy atom. The summed E-state index contributed by atoms with van der Waals surface area (Å²) in [5.41, 5.74) is 2.99. The molecule has 2 aromatic rings. The fourth-order valence-electron chi connectivity index (χ4n) is 3.68. The van der Waals surface area contributed by atoms with Gasteiger partial charge in [-0.25, -0.2) is 4.79 Å². The molecule has 134 valence electrons. The highest BCUT2D eigenvalue weighted by Crippen LogP contribution is 2.33. The largest absolute Gasteiger partial charge is 0.464 e. The number of hydrogen-bond acceptors (Lipinski definition) is 4. The van der Waals surface area contributed by atoms with Gasteiger partial charge in [-0.05, 0) is 30.5 Å². The number of aromatic amines is 1. The first-order valence-electron chi connectivity index (χ1n) is 8.72. The van der Waals surface area contributed by atoms with Crippen molar-refractivity contribution in [3.8, 4) is 0 Å². The van der Waals surface area contributed by atoms with E-state index in [0.717, 1.165) is 22.2 Å². The lowest BCUT2D eigenvalue weighted by molar-refractivity contribution is -0.147. The average molecular weight is 343 g/mol. The number of nitrogens with zero attached hydrogens (tertiary/aromatic N) is 1. The van der Waals surface area contributed by atoms with Crippen molar-refractivity contribution in [2.45, 2.75) is 39.3 Å². The molecule has 2 N–H and O–H groups in total. The van der Waals surface area contributed by atoms with E-state index in [2.05, 4.69) is 10.3 Å². The summed E-state index contributed by atoms with van der Waals surface area (Å²) in [6.45, 7) is 6.08. The van der Waals surface area contributed by atoms with Gasteiger partial charge in [0.05, 0.1) is 6.61 Å². The fourth-order valence-corrected chi connectivity index (χ4v) is 3.68. The lowest BCUT2D eigenvalue weighted by Crippen LogP contribution is -2.53. The highest BCUT2D eigenvalue weighted by Gasteiger charge is 2.34. The molecule has 0 unspecified atom stereocenters. The van der Waals surface area contributed by atoms with Crippen LogP contribution >= 0.6 is 0 Å². The number of likely N-dealkylation sites (N-methyl/N-ethyl adjacent to an activating group) is 1. The van der Waals surface area contributed by atoms with Crippen LogP contribution in [-0.4, -0.2) is 42.6 Å². The Kier molecular flexibility index (Phi) is 4.70. The molecule has 3 rings (SSSR count). The number of esters is 1. The van der Waals surface area contributed by atoms with E-state index < -0.39 is 12.0 Å².